The van der Waals surface area contributed by atoms with Crippen LogP contribution in [0, 0.1) is 0 Å². The van der Waals surface area contributed by atoms with Gasteiger partial charge in [0.05, 0.1) is 5.69 Å². The molecule has 1 saturated carbocycles. The Labute approximate surface area is 115 Å². The highest BCUT2D eigenvalue weighted by Crippen LogP contribution is 2.41. The molecule has 0 aromatic carbocycles. The Balaban J connectivity index is 2.26. The zero-order valence-corrected chi connectivity index (χ0v) is 12.8. The third kappa shape index (κ3) is 2.85. The smallest absolute Gasteiger partial charge is 0.127 e. The summed E-state index contributed by atoms with van der Waals surface area (Å²) in [6, 6.07) is 0.612. The maximum Gasteiger partial charge on any atom is 0.127 e. The van der Waals surface area contributed by atoms with E-state index < -0.39 is 0 Å². The van der Waals surface area contributed by atoms with Crippen LogP contribution in [0.1, 0.15) is 57.6 Å². The fourth-order valence-electron chi connectivity index (χ4n) is 2.29. The Bertz CT molecular complexity index is 413. The zero-order valence-electron chi connectivity index (χ0n) is 12.0. The molecular weight excluding hydrogens is 242 g/mol. The van der Waals surface area contributed by atoms with E-state index in [0.717, 1.165) is 24.4 Å². The van der Waals surface area contributed by atoms with E-state index in [1.807, 2.05) is 11.8 Å². The van der Waals surface area contributed by atoms with E-state index in [0.29, 0.717) is 6.04 Å². The molecule has 0 atom stereocenters. The third-order valence-electron chi connectivity index (χ3n) is 3.37. The molecule has 0 bridgehead atoms. The van der Waals surface area contributed by atoms with Crippen LogP contribution in [0.2, 0.25) is 0 Å². The van der Waals surface area contributed by atoms with Crippen molar-refractivity contribution in [3.63, 3.8) is 0 Å². The van der Waals surface area contributed by atoms with Crippen molar-refractivity contribution in [3.05, 3.63) is 11.5 Å². The predicted octanol–water partition coefficient (Wildman–Crippen LogP) is 3.39. The monoisotopic (exact) mass is 267 g/mol. The minimum Gasteiger partial charge on any atom is -0.384 e. The molecule has 1 aromatic rings. The molecular formula is C14H25N3S. The van der Waals surface area contributed by atoms with Gasteiger partial charge in [-0.1, -0.05) is 20.8 Å². The van der Waals surface area contributed by atoms with E-state index in [2.05, 4.69) is 31.6 Å². The summed E-state index contributed by atoms with van der Waals surface area (Å²) in [7, 11) is 0. The number of anilines is 1. The van der Waals surface area contributed by atoms with Crippen LogP contribution in [-0.2, 0) is 11.8 Å². The van der Waals surface area contributed by atoms with Gasteiger partial charge in [-0.3, -0.25) is 0 Å². The Hall–Kier alpha value is -0.640. The van der Waals surface area contributed by atoms with Gasteiger partial charge in [-0.2, -0.15) is 11.8 Å². The van der Waals surface area contributed by atoms with Crippen molar-refractivity contribution in [1.29, 1.82) is 0 Å². The molecule has 1 aliphatic carbocycles. The summed E-state index contributed by atoms with van der Waals surface area (Å²) in [5.41, 5.74) is 7.51. The topological polar surface area (TPSA) is 43.8 Å². The van der Waals surface area contributed by atoms with Gasteiger partial charge in [0, 0.05) is 11.5 Å². The molecule has 1 heterocycles. The van der Waals surface area contributed by atoms with Crippen LogP contribution in [0.25, 0.3) is 0 Å². The average Bonchev–Trinajstić information content (AvgIpc) is 3.04. The molecule has 0 radical (unpaired) electrons. The molecule has 0 aliphatic heterocycles. The number of nitrogens with two attached hydrogens (primary N) is 1. The number of thioether (sulfide) groups is 1. The summed E-state index contributed by atoms with van der Waals surface area (Å²) in [5, 5.41) is 0. The molecule has 18 heavy (non-hydrogen) atoms. The van der Waals surface area contributed by atoms with Crippen LogP contribution in [0.3, 0.4) is 0 Å². The van der Waals surface area contributed by atoms with Crippen molar-refractivity contribution >= 4 is 17.6 Å². The van der Waals surface area contributed by atoms with Crippen molar-refractivity contribution < 1.29 is 0 Å². The maximum absolute atomic E-state index is 6.32. The number of nitrogen functional groups attached to an aromatic ring is 1. The van der Waals surface area contributed by atoms with Crippen LogP contribution >= 0.6 is 11.8 Å². The number of rotatable bonds is 5. The summed E-state index contributed by atoms with van der Waals surface area (Å²) in [6.07, 6.45) is 6.83. The molecule has 4 heteroatoms. The van der Waals surface area contributed by atoms with Crippen LogP contribution in [0.5, 0.6) is 0 Å². The molecule has 3 nitrogen and oxygen atoms in total. The molecule has 1 fully saturated rings. The highest BCUT2D eigenvalue weighted by Gasteiger charge is 2.33. The second-order valence-electron chi connectivity index (χ2n) is 6.21. The molecule has 2 rings (SSSR count). The fraction of sp³-hybridized carbons (Fsp3) is 0.786. The van der Waals surface area contributed by atoms with Crippen molar-refractivity contribution in [3.8, 4) is 0 Å². The predicted molar refractivity (Wildman–Crippen MR) is 80.3 cm³/mol. The summed E-state index contributed by atoms with van der Waals surface area (Å²) < 4.78 is 2.30. The van der Waals surface area contributed by atoms with Crippen molar-refractivity contribution in [2.24, 2.45) is 0 Å². The summed E-state index contributed by atoms with van der Waals surface area (Å²) >= 11 is 1.89. The normalized spacial score (nSPS) is 16.2. The van der Waals surface area contributed by atoms with Gasteiger partial charge in [-0.25, -0.2) is 4.98 Å². The lowest BCUT2D eigenvalue weighted by atomic mass is 9.95. The van der Waals surface area contributed by atoms with Gasteiger partial charge in [0.2, 0.25) is 0 Å². The van der Waals surface area contributed by atoms with E-state index in [1.54, 1.807) is 0 Å². The third-order valence-corrected chi connectivity index (χ3v) is 4.07. The Kier molecular flexibility index (Phi) is 3.95. The van der Waals surface area contributed by atoms with Crippen LogP contribution in [-0.4, -0.2) is 21.6 Å². The first-order valence-corrected chi connectivity index (χ1v) is 8.20. The molecule has 1 aromatic heterocycles. The van der Waals surface area contributed by atoms with Gasteiger partial charge in [0.1, 0.15) is 11.6 Å². The molecule has 0 saturated heterocycles. The number of hydrogen-bond donors (Lipinski definition) is 1. The lowest BCUT2D eigenvalue weighted by Crippen LogP contribution is -2.19. The lowest BCUT2D eigenvalue weighted by Gasteiger charge is -2.20. The lowest BCUT2D eigenvalue weighted by molar-refractivity contribution is 0.504. The first kappa shape index (κ1) is 13.8. The Morgan fingerprint density at radius 3 is 2.56 bits per heavy atom. The van der Waals surface area contributed by atoms with E-state index in [1.165, 1.54) is 24.4 Å². The number of imidazole rings is 1. The molecule has 2 N–H and O–H groups in total. The molecule has 0 amide bonds. The summed E-state index contributed by atoms with van der Waals surface area (Å²) in [4.78, 5) is 4.84. The Morgan fingerprint density at radius 1 is 1.39 bits per heavy atom. The van der Waals surface area contributed by atoms with E-state index in [4.69, 9.17) is 10.7 Å². The van der Waals surface area contributed by atoms with E-state index in [-0.39, 0.29) is 5.41 Å². The second-order valence-corrected chi connectivity index (χ2v) is 7.20. The number of aromatic nitrogens is 2. The van der Waals surface area contributed by atoms with Crippen LogP contribution in [0.15, 0.2) is 0 Å². The standard InChI is InChI=1S/C14H25N3S/c1-14(2,3)13-16-11(6-5-9-18-4)12(15)17(13)10-7-8-10/h10H,5-9,15H2,1-4H3. The minimum atomic E-state index is 0.0778. The maximum atomic E-state index is 6.32. The van der Waals surface area contributed by atoms with Gasteiger partial charge in [0.25, 0.3) is 0 Å². The second kappa shape index (κ2) is 5.16. The van der Waals surface area contributed by atoms with Crippen molar-refractivity contribution in [2.45, 2.75) is 57.9 Å². The molecule has 0 unspecified atom stereocenters. The van der Waals surface area contributed by atoms with Gasteiger partial charge in [-0.15, -0.1) is 0 Å². The highest BCUT2D eigenvalue weighted by atomic mass is 32.2. The molecule has 1 aliphatic rings. The quantitative estimate of drug-likeness (QED) is 0.832. The first-order chi connectivity index (χ1) is 8.45. The summed E-state index contributed by atoms with van der Waals surface area (Å²) in [6.45, 7) is 6.66. The highest BCUT2D eigenvalue weighted by molar-refractivity contribution is 7.98. The fourth-order valence-corrected chi connectivity index (χ4v) is 2.72. The van der Waals surface area contributed by atoms with E-state index in [9.17, 15) is 0 Å². The van der Waals surface area contributed by atoms with Crippen LogP contribution < -0.4 is 5.73 Å². The van der Waals surface area contributed by atoms with Gasteiger partial charge >= 0.3 is 0 Å². The largest absolute Gasteiger partial charge is 0.384 e. The SMILES string of the molecule is CSCCCc1nc(C(C)(C)C)n(C2CC2)c1N. The van der Waals surface area contributed by atoms with Gasteiger partial charge in [-0.05, 0) is 37.7 Å². The number of hydrogen-bond acceptors (Lipinski definition) is 3. The molecule has 0 spiro atoms. The van der Waals surface area contributed by atoms with Crippen molar-refractivity contribution in [1.82, 2.24) is 9.55 Å². The van der Waals surface area contributed by atoms with Gasteiger partial charge < -0.3 is 10.3 Å². The van der Waals surface area contributed by atoms with Gasteiger partial charge in [0.15, 0.2) is 0 Å². The number of aryl methyl sites for hydroxylation is 1. The average molecular weight is 267 g/mol. The minimum absolute atomic E-state index is 0.0778. The molecule has 102 valence electrons. The van der Waals surface area contributed by atoms with E-state index >= 15 is 0 Å². The summed E-state index contributed by atoms with van der Waals surface area (Å²) in [5.74, 6) is 3.27. The van der Waals surface area contributed by atoms with Crippen LogP contribution in [0.4, 0.5) is 5.82 Å². The zero-order chi connectivity index (χ0) is 13.3. The first-order valence-electron chi connectivity index (χ1n) is 6.81. The Morgan fingerprint density at radius 2 is 2.06 bits per heavy atom. The van der Waals surface area contributed by atoms with Crippen molar-refractivity contribution in [2.75, 3.05) is 17.7 Å². The number of nitrogens with zero attached hydrogens (tertiary/aromatic N) is 2.